The summed E-state index contributed by atoms with van der Waals surface area (Å²) >= 11 is 0. The lowest BCUT2D eigenvalue weighted by atomic mass is 10.1. The van der Waals surface area contributed by atoms with Crippen LogP contribution in [0.25, 0.3) is 0 Å². The van der Waals surface area contributed by atoms with Crippen molar-refractivity contribution in [1.29, 1.82) is 0 Å². The average molecular weight is 350 g/mol. The zero-order valence-corrected chi connectivity index (χ0v) is 14.6. The number of piperazine rings is 1. The maximum absolute atomic E-state index is 13.0. The van der Waals surface area contributed by atoms with Gasteiger partial charge >= 0.3 is 0 Å². The minimum absolute atomic E-state index is 0.0363. The Bertz CT molecular complexity index is 855. The fourth-order valence-electron chi connectivity index (χ4n) is 4.60. The number of para-hydroxylation sites is 1. The Morgan fingerprint density at radius 3 is 2.69 bits per heavy atom. The average Bonchev–Trinajstić information content (AvgIpc) is 3.23. The van der Waals surface area contributed by atoms with Crippen molar-refractivity contribution >= 4 is 17.4 Å². The van der Waals surface area contributed by atoms with Crippen LogP contribution in [0.2, 0.25) is 0 Å². The molecule has 2 aromatic rings. The first-order chi connectivity index (χ1) is 12.7. The molecule has 2 atom stereocenters. The van der Waals surface area contributed by atoms with Crippen LogP contribution in [0.4, 0.5) is 11.5 Å². The molecule has 2 bridgehead atoms. The summed E-state index contributed by atoms with van der Waals surface area (Å²) in [6.45, 7) is 2.17. The van der Waals surface area contributed by atoms with Gasteiger partial charge in [-0.05, 0) is 31.0 Å². The van der Waals surface area contributed by atoms with Crippen molar-refractivity contribution in [2.75, 3.05) is 30.3 Å². The van der Waals surface area contributed by atoms with Crippen LogP contribution in [-0.2, 0) is 6.42 Å². The Hall–Kier alpha value is -2.76. The molecule has 2 saturated heterocycles. The maximum Gasteiger partial charge on any atom is 0.256 e. The van der Waals surface area contributed by atoms with Crippen molar-refractivity contribution in [1.82, 2.24) is 9.88 Å². The SMILES string of the molecule is Nc1ccccc1C(=O)N1CC2CCC(C1)N2c1nccc2c1CCO2. The topological polar surface area (TPSA) is 71.7 Å². The number of rotatable bonds is 2. The lowest BCUT2D eigenvalue weighted by Crippen LogP contribution is -2.56. The number of amides is 1. The molecule has 3 aliphatic rings. The quantitative estimate of drug-likeness (QED) is 0.840. The minimum Gasteiger partial charge on any atom is -0.493 e. The number of carbonyl (C=O) groups excluding carboxylic acids is 1. The molecule has 0 radical (unpaired) electrons. The monoisotopic (exact) mass is 350 g/mol. The summed E-state index contributed by atoms with van der Waals surface area (Å²) in [5.74, 6) is 2.05. The van der Waals surface area contributed by atoms with Gasteiger partial charge in [0.1, 0.15) is 11.6 Å². The Morgan fingerprint density at radius 1 is 1.15 bits per heavy atom. The summed E-state index contributed by atoms with van der Waals surface area (Å²) < 4.78 is 5.71. The van der Waals surface area contributed by atoms with Gasteiger partial charge in [0.05, 0.1) is 12.2 Å². The Morgan fingerprint density at radius 2 is 1.92 bits per heavy atom. The van der Waals surface area contributed by atoms with Gasteiger partial charge in [0.2, 0.25) is 0 Å². The molecular formula is C20H22N4O2. The number of pyridine rings is 1. The highest BCUT2D eigenvalue weighted by molar-refractivity contribution is 5.99. The Kier molecular flexibility index (Phi) is 3.51. The smallest absolute Gasteiger partial charge is 0.256 e. The zero-order chi connectivity index (χ0) is 17.7. The molecule has 1 amide bonds. The van der Waals surface area contributed by atoms with Crippen LogP contribution in [0.3, 0.4) is 0 Å². The molecule has 2 unspecified atom stereocenters. The van der Waals surface area contributed by atoms with Crippen molar-refractivity contribution in [3.05, 3.63) is 47.7 Å². The molecule has 134 valence electrons. The third-order valence-electron chi connectivity index (χ3n) is 5.80. The van der Waals surface area contributed by atoms with Gasteiger partial charge in [0.15, 0.2) is 0 Å². The first-order valence-electron chi connectivity index (χ1n) is 9.25. The molecule has 1 aromatic carbocycles. The van der Waals surface area contributed by atoms with Crippen LogP contribution in [0.15, 0.2) is 36.5 Å². The number of ether oxygens (including phenoxy) is 1. The first kappa shape index (κ1) is 15.5. The number of benzene rings is 1. The van der Waals surface area contributed by atoms with Crippen molar-refractivity contribution in [3.63, 3.8) is 0 Å². The predicted octanol–water partition coefficient (Wildman–Crippen LogP) is 2.09. The van der Waals surface area contributed by atoms with E-state index in [1.165, 1.54) is 5.56 Å². The molecule has 0 spiro atoms. The van der Waals surface area contributed by atoms with E-state index >= 15 is 0 Å². The second-order valence-electron chi connectivity index (χ2n) is 7.30. The first-order valence-corrected chi connectivity index (χ1v) is 9.25. The van der Waals surface area contributed by atoms with Crippen molar-refractivity contribution < 1.29 is 9.53 Å². The number of nitrogens with zero attached hydrogens (tertiary/aromatic N) is 3. The second-order valence-corrected chi connectivity index (χ2v) is 7.30. The van der Waals surface area contributed by atoms with Gasteiger partial charge in [-0.15, -0.1) is 0 Å². The van der Waals surface area contributed by atoms with E-state index in [0.717, 1.165) is 50.5 Å². The van der Waals surface area contributed by atoms with Gasteiger partial charge in [-0.3, -0.25) is 4.79 Å². The van der Waals surface area contributed by atoms with Gasteiger partial charge in [-0.2, -0.15) is 0 Å². The number of aromatic nitrogens is 1. The van der Waals surface area contributed by atoms with Gasteiger partial charge in [0.25, 0.3) is 5.91 Å². The van der Waals surface area contributed by atoms with E-state index in [1.54, 1.807) is 6.07 Å². The van der Waals surface area contributed by atoms with Crippen LogP contribution in [-0.4, -0.2) is 47.6 Å². The minimum atomic E-state index is 0.0363. The summed E-state index contributed by atoms with van der Waals surface area (Å²) in [4.78, 5) is 22.0. The molecule has 4 heterocycles. The van der Waals surface area contributed by atoms with E-state index in [9.17, 15) is 4.79 Å². The van der Waals surface area contributed by atoms with Gasteiger partial charge in [-0.1, -0.05) is 12.1 Å². The molecule has 26 heavy (non-hydrogen) atoms. The third kappa shape index (κ3) is 2.32. The summed E-state index contributed by atoms with van der Waals surface area (Å²) in [6.07, 6.45) is 4.93. The van der Waals surface area contributed by atoms with Crippen LogP contribution < -0.4 is 15.4 Å². The van der Waals surface area contributed by atoms with Crippen LogP contribution >= 0.6 is 0 Å². The molecule has 5 rings (SSSR count). The van der Waals surface area contributed by atoms with Crippen LogP contribution in [0.5, 0.6) is 5.75 Å². The lowest BCUT2D eigenvalue weighted by molar-refractivity contribution is 0.0718. The zero-order valence-electron chi connectivity index (χ0n) is 14.6. The molecule has 2 fully saturated rings. The number of hydrogen-bond acceptors (Lipinski definition) is 5. The van der Waals surface area contributed by atoms with Crippen LogP contribution in [0, 0.1) is 0 Å². The molecule has 0 saturated carbocycles. The van der Waals surface area contributed by atoms with Crippen molar-refractivity contribution in [2.24, 2.45) is 0 Å². The molecule has 6 heteroatoms. The number of anilines is 2. The van der Waals surface area contributed by atoms with E-state index in [-0.39, 0.29) is 5.91 Å². The number of likely N-dealkylation sites (tertiary alicyclic amines) is 1. The summed E-state index contributed by atoms with van der Waals surface area (Å²) in [6, 6.07) is 9.89. The highest BCUT2D eigenvalue weighted by Gasteiger charge is 2.43. The highest BCUT2D eigenvalue weighted by Crippen LogP contribution is 2.40. The van der Waals surface area contributed by atoms with E-state index in [1.807, 2.05) is 35.4 Å². The number of fused-ring (bicyclic) bond motifs is 3. The molecule has 2 N–H and O–H groups in total. The fraction of sp³-hybridized carbons (Fsp3) is 0.400. The summed E-state index contributed by atoms with van der Waals surface area (Å²) in [5, 5.41) is 0. The van der Waals surface area contributed by atoms with E-state index in [4.69, 9.17) is 10.5 Å². The molecule has 0 aliphatic carbocycles. The van der Waals surface area contributed by atoms with Gasteiger partial charge in [0, 0.05) is 49.0 Å². The van der Waals surface area contributed by atoms with Crippen molar-refractivity contribution in [2.45, 2.75) is 31.3 Å². The lowest BCUT2D eigenvalue weighted by Gasteiger charge is -2.42. The molecular weight excluding hydrogens is 328 g/mol. The normalized spacial score (nSPS) is 23.7. The standard InChI is InChI=1S/C20H22N4O2/c21-17-4-2-1-3-15(17)20(25)23-11-13-5-6-14(12-23)24(13)19-16-8-10-26-18(16)7-9-22-19/h1-4,7,9,13-14H,5-6,8,10-12,21H2. The van der Waals surface area contributed by atoms with Crippen molar-refractivity contribution in [3.8, 4) is 5.75 Å². The largest absolute Gasteiger partial charge is 0.493 e. The fourth-order valence-corrected chi connectivity index (χ4v) is 4.60. The molecule has 3 aliphatic heterocycles. The number of carbonyl (C=O) groups is 1. The Labute approximate surface area is 152 Å². The number of hydrogen-bond donors (Lipinski definition) is 1. The maximum atomic E-state index is 13.0. The summed E-state index contributed by atoms with van der Waals surface area (Å²) in [5.41, 5.74) is 8.38. The molecule has 1 aromatic heterocycles. The van der Waals surface area contributed by atoms with Gasteiger partial charge in [-0.25, -0.2) is 4.98 Å². The summed E-state index contributed by atoms with van der Waals surface area (Å²) in [7, 11) is 0. The Balaban J connectivity index is 1.42. The predicted molar refractivity (Wildman–Crippen MR) is 99.5 cm³/mol. The third-order valence-corrected chi connectivity index (χ3v) is 5.80. The van der Waals surface area contributed by atoms with Gasteiger partial charge < -0.3 is 20.3 Å². The van der Waals surface area contributed by atoms with E-state index < -0.39 is 0 Å². The number of nitrogens with two attached hydrogens (primary N) is 1. The van der Waals surface area contributed by atoms with E-state index in [0.29, 0.717) is 23.3 Å². The molecule has 6 nitrogen and oxygen atoms in total. The van der Waals surface area contributed by atoms with E-state index in [2.05, 4.69) is 9.88 Å². The second kappa shape index (κ2) is 5.90. The van der Waals surface area contributed by atoms with Crippen LogP contribution in [0.1, 0.15) is 28.8 Å². The number of nitrogen functional groups attached to an aromatic ring is 1. The highest BCUT2D eigenvalue weighted by atomic mass is 16.5.